The Morgan fingerprint density at radius 2 is 1.67 bits per heavy atom. The van der Waals surface area contributed by atoms with Crippen LogP contribution in [-0.4, -0.2) is 23.4 Å². The third-order valence-corrected chi connectivity index (χ3v) is 4.98. The molecule has 0 saturated carbocycles. The number of benzene rings is 2. The van der Waals surface area contributed by atoms with Crippen LogP contribution in [0.1, 0.15) is 12.5 Å². The number of ketones is 1. The number of nitrogens with zero attached hydrogens (tertiary/aromatic N) is 1. The van der Waals surface area contributed by atoms with Crippen molar-refractivity contribution in [3.8, 4) is 0 Å². The lowest BCUT2D eigenvalue weighted by Crippen LogP contribution is -2.33. The maximum Gasteiger partial charge on any atom is 0.179 e. The van der Waals surface area contributed by atoms with Crippen molar-refractivity contribution in [2.24, 2.45) is 4.99 Å². The first-order valence-electron chi connectivity index (χ1n) is 7.85. The Kier molecular flexibility index (Phi) is 5.62. The number of hydrogen-bond donors (Lipinski definition) is 0. The fourth-order valence-electron chi connectivity index (χ4n) is 2.39. The van der Waals surface area contributed by atoms with E-state index in [4.69, 9.17) is 4.74 Å². The van der Waals surface area contributed by atoms with E-state index in [2.05, 4.69) is 4.99 Å². The summed E-state index contributed by atoms with van der Waals surface area (Å²) in [5, 5.41) is -0.312. The second-order valence-corrected chi connectivity index (χ2v) is 6.76. The number of Topliss-reactive ketones (excluding diaryl/α,β-unsaturated/α-hetero) is 1. The molecule has 0 saturated heterocycles. The molecule has 2 aromatic carbocycles. The number of carbonyl (C=O) groups is 1. The minimum atomic E-state index is -0.312. The van der Waals surface area contributed by atoms with Gasteiger partial charge in [0.1, 0.15) is 5.25 Å². The van der Waals surface area contributed by atoms with E-state index in [0.29, 0.717) is 18.8 Å². The number of carbonyl (C=O) groups excluding carboxylic acids is 1. The number of allylic oxidation sites excluding steroid dienone is 1. The molecule has 0 aromatic heterocycles. The molecule has 0 amide bonds. The minimum Gasteiger partial charge on any atom is -0.371 e. The Morgan fingerprint density at radius 1 is 1.00 bits per heavy atom. The lowest BCUT2D eigenvalue weighted by molar-refractivity contribution is -0.114. The molecule has 0 aliphatic carbocycles. The van der Waals surface area contributed by atoms with Crippen LogP contribution in [0.3, 0.4) is 0 Å². The summed E-state index contributed by atoms with van der Waals surface area (Å²) in [6, 6.07) is 19.9. The van der Waals surface area contributed by atoms with Crippen molar-refractivity contribution in [2.75, 3.05) is 6.61 Å². The Hall–Kier alpha value is -2.17. The molecule has 0 radical (unpaired) electrons. The molecule has 3 rings (SSSR count). The van der Waals surface area contributed by atoms with Crippen LogP contribution in [0.25, 0.3) is 0 Å². The molecule has 1 aliphatic heterocycles. The van der Waals surface area contributed by atoms with Crippen LogP contribution in [0.2, 0.25) is 0 Å². The quantitative estimate of drug-likeness (QED) is 0.789. The maximum absolute atomic E-state index is 12.5. The second-order valence-electron chi connectivity index (χ2n) is 5.59. The van der Waals surface area contributed by atoms with Gasteiger partial charge in [0.2, 0.25) is 0 Å². The molecular formula is C20H19NO2S. The zero-order valence-corrected chi connectivity index (χ0v) is 14.3. The van der Waals surface area contributed by atoms with E-state index in [1.165, 1.54) is 11.8 Å². The van der Waals surface area contributed by atoms with E-state index in [1.807, 2.05) is 67.6 Å². The molecule has 0 fully saturated rings. The standard InChI is InChI=1S/C20H19NO2S/c1-15-12-21-18(14-23-13-16-8-4-2-5-9-16)20(19(15)22)24-17-10-6-3-7-11-17/h2-12,20H,13-14H2,1H3. The molecule has 1 heterocycles. The molecule has 0 N–H and O–H groups in total. The monoisotopic (exact) mass is 337 g/mol. The average Bonchev–Trinajstić information content (AvgIpc) is 2.63. The van der Waals surface area contributed by atoms with Gasteiger partial charge in [-0.1, -0.05) is 48.5 Å². The largest absolute Gasteiger partial charge is 0.371 e. The van der Waals surface area contributed by atoms with Gasteiger partial charge < -0.3 is 4.74 Å². The number of aliphatic imine (C=N–C) groups is 1. The van der Waals surface area contributed by atoms with Crippen molar-refractivity contribution in [3.63, 3.8) is 0 Å². The van der Waals surface area contributed by atoms with Gasteiger partial charge in [-0.2, -0.15) is 0 Å². The Morgan fingerprint density at radius 3 is 2.38 bits per heavy atom. The summed E-state index contributed by atoms with van der Waals surface area (Å²) < 4.78 is 5.79. The van der Waals surface area contributed by atoms with Crippen molar-refractivity contribution in [3.05, 3.63) is 78.0 Å². The molecule has 3 nitrogen and oxygen atoms in total. The Balaban J connectivity index is 1.67. The summed E-state index contributed by atoms with van der Waals surface area (Å²) in [6.45, 7) is 2.68. The SMILES string of the molecule is CC1=CN=C(COCc2ccccc2)C(Sc2ccccc2)C1=O. The molecular weight excluding hydrogens is 318 g/mol. The van der Waals surface area contributed by atoms with E-state index >= 15 is 0 Å². The predicted octanol–water partition coefficient (Wildman–Crippen LogP) is 4.29. The van der Waals surface area contributed by atoms with Crippen LogP contribution < -0.4 is 0 Å². The molecule has 122 valence electrons. The number of rotatable bonds is 6. The van der Waals surface area contributed by atoms with Crippen LogP contribution in [0.5, 0.6) is 0 Å². The lowest BCUT2D eigenvalue weighted by atomic mass is 10.1. The summed E-state index contributed by atoms with van der Waals surface area (Å²) in [6.07, 6.45) is 1.64. The molecule has 1 aliphatic rings. The maximum atomic E-state index is 12.5. The van der Waals surface area contributed by atoms with Gasteiger partial charge in [0.15, 0.2) is 5.78 Å². The zero-order valence-electron chi connectivity index (χ0n) is 13.5. The van der Waals surface area contributed by atoms with Crippen LogP contribution in [-0.2, 0) is 16.1 Å². The number of thioether (sulfide) groups is 1. The fraction of sp³-hybridized carbons (Fsp3) is 0.200. The highest BCUT2D eigenvalue weighted by Crippen LogP contribution is 2.28. The lowest BCUT2D eigenvalue weighted by Gasteiger charge is -2.21. The van der Waals surface area contributed by atoms with Crippen LogP contribution in [0.15, 0.2) is 82.3 Å². The number of ether oxygens (including phenoxy) is 1. The highest BCUT2D eigenvalue weighted by atomic mass is 32.2. The summed E-state index contributed by atoms with van der Waals surface area (Å²) in [5.74, 6) is 0.108. The van der Waals surface area contributed by atoms with Gasteiger partial charge in [-0.15, -0.1) is 11.8 Å². The van der Waals surface area contributed by atoms with Crippen molar-refractivity contribution >= 4 is 23.3 Å². The molecule has 24 heavy (non-hydrogen) atoms. The van der Waals surface area contributed by atoms with Crippen molar-refractivity contribution in [1.82, 2.24) is 0 Å². The van der Waals surface area contributed by atoms with Gasteiger partial charge in [0.05, 0.1) is 18.9 Å². The summed E-state index contributed by atoms with van der Waals surface area (Å²) in [5.41, 5.74) is 2.57. The topological polar surface area (TPSA) is 38.7 Å². The molecule has 1 atom stereocenters. The number of hydrogen-bond acceptors (Lipinski definition) is 4. The van der Waals surface area contributed by atoms with E-state index in [1.54, 1.807) is 6.20 Å². The molecule has 4 heteroatoms. The summed E-state index contributed by atoms with van der Waals surface area (Å²) >= 11 is 1.53. The molecule has 2 aromatic rings. The van der Waals surface area contributed by atoms with Gasteiger partial charge in [0, 0.05) is 16.7 Å². The molecule has 0 spiro atoms. The zero-order chi connectivity index (χ0) is 16.8. The first-order valence-corrected chi connectivity index (χ1v) is 8.73. The third kappa shape index (κ3) is 4.22. The van der Waals surface area contributed by atoms with Gasteiger partial charge >= 0.3 is 0 Å². The average molecular weight is 337 g/mol. The van der Waals surface area contributed by atoms with Gasteiger partial charge in [-0.3, -0.25) is 9.79 Å². The van der Waals surface area contributed by atoms with E-state index in [9.17, 15) is 4.79 Å². The van der Waals surface area contributed by atoms with Crippen molar-refractivity contribution in [2.45, 2.75) is 23.7 Å². The van der Waals surface area contributed by atoms with Gasteiger partial charge in [0.25, 0.3) is 0 Å². The minimum absolute atomic E-state index is 0.108. The van der Waals surface area contributed by atoms with E-state index < -0.39 is 0 Å². The van der Waals surface area contributed by atoms with E-state index in [-0.39, 0.29) is 11.0 Å². The predicted molar refractivity (Wildman–Crippen MR) is 98.4 cm³/mol. The van der Waals surface area contributed by atoms with Crippen LogP contribution >= 0.6 is 11.8 Å². The Bertz CT molecular complexity index is 754. The third-order valence-electron chi connectivity index (χ3n) is 3.71. The smallest absolute Gasteiger partial charge is 0.179 e. The first kappa shape index (κ1) is 16.7. The van der Waals surface area contributed by atoms with E-state index in [0.717, 1.165) is 16.2 Å². The summed E-state index contributed by atoms with van der Waals surface area (Å²) in [4.78, 5) is 18.1. The van der Waals surface area contributed by atoms with Gasteiger partial charge in [-0.05, 0) is 24.6 Å². The van der Waals surface area contributed by atoms with Crippen molar-refractivity contribution < 1.29 is 9.53 Å². The highest BCUT2D eigenvalue weighted by molar-refractivity contribution is 8.01. The van der Waals surface area contributed by atoms with Crippen LogP contribution in [0, 0.1) is 0 Å². The molecule has 1 unspecified atom stereocenters. The van der Waals surface area contributed by atoms with Gasteiger partial charge in [-0.25, -0.2) is 0 Å². The second kappa shape index (κ2) is 8.08. The summed E-state index contributed by atoms with van der Waals surface area (Å²) in [7, 11) is 0. The molecule has 0 bridgehead atoms. The van der Waals surface area contributed by atoms with Crippen LogP contribution in [0.4, 0.5) is 0 Å². The highest BCUT2D eigenvalue weighted by Gasteiger charge is 2.29. The van der Waals surface area contributed by atoms with Crippen molar-refractivity contribution in [1.29, 1.82) is 0 Å². The Labute approximate surface area is 146 Å². The first-order chi connectivity index (χ1) is 11.7. The fourth-order valence-corrected chi connectivity index (χ4v) is 3.53. The normalized spacial score (nSPS) is 17.4.